The van der Waals surface area contributed by atoms with Gasteiger partial charge in [0.1, 0.15) is 5.69 Å². The second-order valence-electron chi connectivity index (χ2n) is 4.52. The van der Waals surface area contributed by atoms with Gasteiger partial charge in [-0.3, -0.25) is 9.67 Å². The molecule has 5 nitrogen and oxygen atoms in total. The second kappa shape index (κ2) is 5.71. The van der Waals surface area contributed by atoms with E-state index in [0.29, 0.717) is 5.75 Å². The van der Waals surface area contributed by atoms with Crippen molar-refractivity contribution in [1.29, 1.82) is 0 Å². The molecule has 6 heteroatoms. The molecule has 2 N–H and O–H groups in total. The fourth-order valence-electron chi connectivity index (χ4n) is 1.93. The third-order valence-corrected chi connectivity index (χ3v) is 3.34. The quantitative estimate of drug-likeness (QED) is 0.938. The van der Waals surface area contributed by atoms with Crippen LogP contribution in [0.4, 0.5) is 0 Å². The van der Waals surface area contributed by atoms with Crippen molar-refractivity contribution in [3.63, 3.8) is 0 Å². The van der Waals surface area contributed by atoms with Crippen LogP contribution in [0.3, 0.4) is 0 Å². The van der Waals surface area contributed by atoms with Crippen molar-refractivity contribution >= 4 is 15.9 Å². The van der Waals surface area contributed by atoms with E-state index in [0.717, 1.165) is 15.9 Å². The molecular weight excluding hydrogens is 308 g/mol. The highest BCUT2D eigenvalue weighted by Crippen LogP contribution is 2.29. The number of aromatic nitrogens is 3. The SMILES string of the molecule is COc1cnn(C(C)C)c1C(N)c1ccc(Br)cn1. The summed E-state index contributed by atoms with van der Waals surface area (Å²) in [7, 11) is 1.62. The number of ether oxygens (including phenoxy) is 1. The molecule has 0 fully saturated rings. The van der Waals surface area contributed by atoms with Gasteiger partial charge in [-0.25, -0.2) is 0 Å². The predicted octanol–water partition coefficient (Wildman–Crippen LogP) is 2.68. The zero-order valence-corrected chi connectivity index (χ0v) is 12.8. The summed E-state index contributed by atoms with van der Waals surface area (Å²) >= 11 is 3.36. The van der Waals surface area contributed by atoms with Gasteiger partial charge in [0.05, 0.1) is 25.0 Å². The second-order valence-corrected chi connectivity index (χ2v) is 5.43. The zero-order valence-electron chi connectivity index (χ0n) is 11.2. The first-order chi connectivity index (χ1) is 9.04. The highest BCUT2D eigenvalue weighted by molar-refractivity contribution is 9.10. The zero-order chi connectivity index (χ0) is 14.0. The molecule has 0 radical (unpaired) electrons. The van der Waals surface area contributed by atoms with Gasteiger partial charge in [0.15, 0.2) is 5.75 Å². The molecule has 2 aromatic rings. The first kappa shape index (κ1) is 14.0. The first-order valence-corrected chi connectivity index (χ1v) is 6.82. The molecular formula is C13H17BrN4O. The Labute approximate surface area is 120 Å². The Kier molecular flexibility index (Phi) is 4.21. The maximum Gasteiger partial charge on any atom is 0.161 e. The van der Waals surface area contributed by atoms with E-state index in [4.69, 9.17) is 10.5 Å². The van der Waals surface area contributed by atoms with Crippen LogP contribution < -0.4 is 10.5 Å². The lowest BCUT2D eigenvalue weighted by Gasteiger charge is -2.17. The summed E-state index contributed by atoms with van der Waals surface area (Å²) < 4.78 is 8.13. The molecule has 0 amide bonds. The molecule has 19 heavy (non-hydrogen) atoms. The third kappa shape index (κ3) is 2.79. The van der Waals surface area contributed by atoms with Gasteiger partial charge in [0, 0.05) is 16.7 Å². The Hall–Kier alpha value is -1.40. The molecule has 1 atom stereocenters. The van der Waals surface area contributed by atoms with Crippen LogP contribution in [-0.4, -0.2) is 21.9 Å². The summed E-state index contributed by atoms with van der Waals surface area (Å²) in [5.74, 6) is 0.686. The van der Waals surface area contributed by atoms with Crippen LogP contribution >= 0.6 is 15.9 Å². The van der Waals surface area contributed by atoms with Gasteiger partial charge in [-0.05, 0) is 41.9 Å². The summed E-state index contributed by atoms with van der Waals surface area (Å²) in [5, 5.41) is 4.33. The van der Waals surface area contributed by atoms with Crippen LogP contribution in [0.2, 0.25) is 0 Å². The molecule has 0 saturated heterocycles. The summed E-state index contributed by atoms with van der Waals surface area (Å²) in [6.45, 7) is 4.11. The first-order valence-electron chi connectivity index (χ1n) is 6.03. The van der Waals surface area contributed by atoms with E-state index in [2.05, 4.69) is 39.9 Å². The summed E-state index contributed by atoms with van der Waals surface area (Å²) in [5.41, 5.74) is 7.93. The Morgan fingerprint density at radius 2 is 2.05 bits per heavy atom. The van der Waals surface area contributed by atoms with Crippen LogP contribution in [0, 0.1) is 0 Å². The van der Waals surface area contributed by atoms with Gasteiger partial charge in [-0.1, -0.05) is 0 Å². The highest BCUT2D eigenvalue weighted by atomic mass is 79.9. The lowest BCUT2D eigenvalue weighted by Crippen LogP contribution is -2.20. The number of halogens is 1. The maximum absolute atomic E-state index is 6.31. The molecule has 2 aromatic heterocycles. The average Bonchev–Trinajstić information content (AvgIpc) is 2.82. The summed E-state index contributed by atoms with van der Waals surface area (Å²) in [6.07, 6.45) is 3.42. The Morgan fingerprint density at radius 1 is 1.32 bits per heavy atom. The number of rotatable bonds is 4. The van der Waals surface area contributed by atoms with Crippen LogP contribution in [-0.2, 0) is 0 Å². The molecule has 0 aliphatic carbocycles. The van der Waals surface area contributed by atoms with Crippen molar-refractivity contribution in [2.24, 2.45) is 5.73 Å². The van der Waals surface area contributed by atoms with E-state index in [1.54, 1.807) is 19.5 Å². The highest BCUT2D eigenvalue weighted by Gasteiger charge is 2.22. The fourth-order valence-corrected chi connectivity index (χ4v) is 2.17. The van der Waals surface area contributed by atoms with Crippen molar-refractivity contribution in [2.75, 3.05) is 7.11 Å². The van der Waals surface area contributed by atoms with E-state index >= 15 is 0 Å². The van der Waals surface area contributed by atoms with Crippen molar-refractivity contribution < 1.29 is 4.74 Å². The molecule has 0 saturated carbocycles. The number of methoxy groups -OCH3 is 1. The molecule has 102 valence electrons. The molecule has 2 heterocycles. The smallest absolute Gasteiger partial charge is 0.161 e. The molecule has 0 aromatic carbocycles. The summed E-state index contributed by atoms with van der Waals surface area (Å²) in [4.78, 5) is 4.34. The number of pyridine rings is 1. The molecule has 0 bridgehead atoms. The Bertz CT molecular complexity index is 550. The largest absolute Gasteiger partial charge is 0.493 e. The minimum Gasteiger partial charge on any atom is -0.493 e. The molecule has 0 aliphatic rings. The minimum absolute atomic E-state index is 0.209. The summed E-state index contributed by atoms with van der Waals surface area (Å²) in [6, 6.07) is 3.66. The lowest BCUT2D eigenvalue weighted by atomic mass is 10.1. The number of hydrogen-bond acceptors (Lipinski definition) is 4. The van der Waals surface area contributed by atoms with Gasteiger partial charge >= 0.3 is 0 Å². The van der Waals surface area contributed by atoms with Gasteiger partial charge < -0.3 is 10.5 Å². The maximum atomic E-state index is 6.31. The van der Waals surface area contributed by atoms with Gasteiger partial charge in [0.2, 0.25) is 0 Å². The normalized spacial score (nSPS) is 12.7. The predicted molar refractivity (Wildman–Crippen MR) is 77.1 cm³/mol. The molecule has 2 rings (SSSR count). The number of nitrogens with two attached hydrogens (primary N) is 1. The number of hydrogen-bond donors (Lipinski definition) is 1. The Balaban J connectivity index is 2.44. The van der Waals surface area contributed by atoms with Crippen molar-refractivity contribution in [3.05, 3.63) is 40.4 Å². The van der Waals surface area contributed by atoms with Crippen LogP contribution in [0.5, 0.6) is 5.75 Å². The Morgan fingerprint density at radius 3 is 2.58 bits per heavy atom. The van der Waals surface area contributed by atoms with Crippen molar-refractivity contribution in [2.45, 2.75) is 25.9 Å². The van der Waals surface area contributed by atoms with Crippen LogP contribution in [0.25, 0.3) is 0 Å². The van der Waals surface area contributed by atoms with Gasteiger partial charge in [-0.15, -0.1) is 0 Å². The fraction of sp³-hybridized carbons (Fsp3) is 0.385. The standard InChI is InChI=1S/C13H17BrN4O/c1-8(2)18-13(11(19-3)7-17-18)12(15)10-5-4-9(14)6-16-10/h4-8,12H,15H2,1-3H3. The molecule has 0 aliphatic heterocycles. The monoisotopic (exact) mass is 324 g/mol. The topological polar surface area (TPSA) is 66.0 Å². The van der Waals surface area contributed by atoms with Crippen LogP contribution in [0.1, 0.15) is 37.3 Å². The van der Waals surface area contributed by atoms with E-state index in [9.17, 15) is 0 Å². The van der Waals surface area contributed by atoms with Crippen molar-refractivity contribution in [1.82, 2.24) is 14.8 Å². The van der Waals surface area contributed by atoms with Crippen molar-refractivity contribution in [3.8, 4) is 5.75 Å². The van der Waals surface area contributed by atoms with Gasteiger partial charge in [-0.2, -0.15) is 5.10 Å². The van der Waals surface area contributed by atoms with E-state index in [1.807, 2.05) is 16.8 Å². The van der Waals surface area contributed by atoms with E-state index in [-0.39, 0.29) is 12.1 Å². The number of nitrogens with zero attached hydrogens (tertiary/aromatic N) is 3. The van der Waals surface area contributed by atoms with Gasteiger partial charge in [0.25, 0.3) is 0 Å². The van der Waals surface area contributed by atoms with Crippen LogP contribution in [0.15, 0.2) is 29.0 Å². The van der Waals surface area contributed by atoms with E-state index in [1.165, 1.54) is 0 Å². The minimum atomic E-state index is -0.368. The van der Waals surface area contributed by atoms with E-state index < -0.39 is 0 Å². The average molecular weight is 325 g/mol. The molecule has 1 unspecified atom stereocenters. The third-order valence-electron chi connectivity index (χ3n) is 2.87. The molecule has 0 spiro atoms. The lowest BCUT2D eigenvalue weighted by molar-refractivity contribution is 0.400.